The average Bonchev–Trinajstić information content (AvgIpc) is 3.25. The molecule has 1 heterocycles. The van der Waals surface area contributed by atoms with Gasteiger partial charge in [-0.3, -0.25) is 4.79 Å². The summed E-state index contributed by atoms with van der Waals surface area (Å²) >= 11 is 0. The molecule has 160 valence electrons. The van der Waals surface area contributed by atoms with Gasteiger partial charge < -0.3 is 10.5 Å². The summed E-state index contributed by atoms with van der Waals surface area (Å²) in [7, 11) is -3.30. The molecule has 9 heteroatoms. The summed E-state index contributed by atoms with van der Waals surface area (Å²) in [5, 5.41) is 14.7. The van der Waals surface area contributed by atoms with Crippen molar-refractivity contribution in [2.45, 2.75) is 49.8 Å². The van der Waals surface area contributed by atoms with E-state index in [0.717, 1.165) is 24.7 Å². The van der Waals surface area contributed by atoms with Crippen LogP contribution in [0, 0.1) is 5.92 Å². The highest BCUT2D eigenvalue weighted by molar-refractivity contribution is 7.90. The van der Waals surface area contributed by atoms with Crippen molar-refractivity contribution < 1.29 is 18.4 Å². The van der Waals surface area contributed by atoms with Gasteiger partial charge >= 0.3 is 0 Å². The molecular weight excluding hydrogens is 404 g/mol. The van der Waals surface area contributed by atoms with E-state index in [4.69, 9.17) is 5.21 Å². The van der Waals surface area contributed by atoms with Gasteiger partial charge in [0.1, 0.15) is 11.4 Å². The molecule has 0 saturated heterocycles. The Morgan fingerprint density at radius 1 is 1.20 bits per heavy atom. The third kappa shape index (κ3) is 5.41. The molecule has 0 spiro atoms. The molecule has 3 rings (SSSR count). The van der Waals surface area contributed by atoms with Crippen LogP contribution in [0.3, 0.4) is 0 Å². The fourth-order valence-corrected chi connectivity index (χ4v) is 4.40. The largest absolute Gasteiger partial charge is 0.411 e. The Kier molecular flexibility index (Phi) is 6.81. The molecule has 2 aromatic rings. The lowest BCUT2D eigenvalue weighted by Gasteiger charge is -2.20. The molecule has 1 aromatic heterocycles. The van der Waals surface area contributed by atoms with Crippen LogP contribution in [0.4, 0.5) is 5.82 Å². The van der Waals surface area contributed by atoms with Crippen LogP contribution in [-0.2, 0) is 14.6 Å². The SMILES string of the molecule is C/C(=N/O)c1cnc(NC(=O)[C@H](CC2CCCC2)c2ccc(S(C)(=O)=O)cc2)cn1. The highest BCUT2D eigenvalue weighted by atomic mass is 32.2. The molecular formula is C21H26N4O4S. The van der Waals surface area contributed by atoms with E-state index < -0.39 is 15.8 Å². The van der Waals surface area contributed by atoms with Gasteiger partial charge in [-0.05, 0) is 37.0 Å². The normalized spacial score (nSPS) is 16.4. The van der Waals surface area contributed by atoms with Gasteiger partial charge in [-0.15, -0.1) is 0 Å². The van der Waals surface area contributed by atoms with Gasteiger partial charge in [0.2, 0.25) is 5.91 Å². The van der Waals surface area contributed by atoms with Crippen LogP contribution in [0.1, 0.15) is 56.2 Å². The quantitative estimate of drug-likeness (QED) is 0.394. The molecule has 8 nitrogen and oxygen atoms in total. The first-order chi connectivity index (χ1) is 14.3. The van der Waals surface area contributed by atoms with E-state index in [-0.39, 0.29) is 10.8 Å². The number of amides is 1. The third-order valence-electron chi connectivity index (χ3n) is 5.49. The van der Waals surface area contributed by atoms with Crippen molar-refractivity contribution in [2.24, 2.45) is 11.1 Å². The molecule has 0 unspecified atom stereocenters. The second kappa shape index (κ2) is 9.34. The minimum atomic E-state index is -3.30. The van der Waals surface area contributed by atoms with E-state index in [9.17, 15) is 13.2 Å². The van der Waals surface area contributed by atoms with Crippen molar-refractivity contribution in [3.8, 4) is 0 Å². The van der Waals surface area contributed by atoms with Gasteiger partial charge in [-0.2, -0.15) is 0 Å². The Morgan fingerprint density at radius 2 is 1.87 bits per heavy atom. The van der Waals surface area contributed by atoms with Crippen LogP contribution in [0.2, 0.25) is 0 Å². The molecule has 1 aromatic carbocycles. The van der Waals surface area contributed by atoms with Crippen LogP contribution in [-0.4, -0.2) is 41.5 Å². The number of aromatic nitrogens is 2. The van der Waals surface area contributed by atoms with E-state index >= 15 is 0 Å². The lowest BCUT2D eigenvalue weighted by molar-refractivity contribution is -0.118. The zero-order valence-electron chi connectivity index (χ0n) is 17.1. The Bertz CT molecular complexity index is 1010. The fraction of sp³-hybridized carbons (Fsp3) is 0.429. The first-order valence-corrected chi connectivity index (χ1v) is 11.8. The molecule has 1 fully saturated rings. The monoisotopic (exact) mass is 430 g/mol. The predicted octanol–water partition coefficient (Wildman–Crippen LogP) is 3.38. The maximum Gasteiger partial charge on any atom is 0.233 e. The van der Waals surface area contributed by atoms with Gasteiger partial charge in [0.05, 0.1) is 23.2 Å². The van der Waals surface area contributed by atoms with Crippen LogP contribution in [0.15, 0.2) is 46.7 Å². The van der Waals surface area contributed by atoms with E-state index in [0.29, 0.717) is 29.6 Å². The fourth-order valence-electron chi connectivity index (χ4n) is 3.77. The van der Waals surface area contributed by atoms with Crippen molar-refractivity contribution >= 4 is 27.3 Å². The lowest BCUT2D eigenvalue weighted by Crippen LogP contribution is -2.24. The van der Waals surface area contributed by atoms with Crippen LogP contribution in [0.25, 0.3) is 0 Å². The van der Waals surface area contributed by atoms with Gasteiger partial charge in [0.15, 0.2) is 15.7 Å². The van der Waals surface area contributed by atoms with Crippen LogP contribution in [0.5, 0.6) is 0 Å². The highest BCUT2D eigenvalue weighted by Crippen LogP contribution is 2.35. The smallest absolute Gasteiger partial charge is 0.233 e. The number of sulfone groups is 1. The predicted molar refractivity (Wildman–Crippen MR) is 114 cm³/mol. The van der Waals surface area contributed by atoms with Crippen molar-refractivity contribution in [1.82, 2.24) is 9.97 Å². The van der Waals surface area contributed by atoms with Crippen molar-refractivity contribution in [3.05, 3.63) is 47.9 Å². The summed E-state index contributed by atoms with van der Waals surface area (Å²) in [4.78, 5) is 21.6. The minimum absolute atomic E-state index is 0.205. The Balaban J connectivity index is 1.81. The topological polar surface area (TPSA) is 122 Å². The first-order valence-electron chi connectivity index (χ1n) is 9.90. The summed E-state index contributed by atoms with van der Waals surface area (Å²) < 4.78 is 23.5. The van der Waals surface area contributed by atoms with Crippen LogP contribution >= 0.6 is 0 Å². The number of oxime groups is 1. The number of hydrogen-bond acceptors (Lipinski definition) is 7. The van der Waals surface area contributed by atoms with Crippen molar-refractivity contribution in [2.75, 3.05) is 11.6 Å². The molecule has 1 atom stereocenters. The second-order valence-corrected chi connectivity index (χ2v) is 9.76. The van der Waals surface area contributed by atoms with Gasteiger partial charge in [0, 0.05) is 6.26 Å². The molecule has 2 N–H and O–H groups in total. The number of nitrogens with one attached hydrogen (secondary N) is 1. The molecule has 0 radical (unpaired) electrons. The molecule has 1 amide bonds. The Labute approximate surface area is 176 Å². The average molecular weight is 431 g/mol. The number of nitrogens with zero attached hydrogens (tertiary/aromatic N) is 3. The lowest BCUT2D eigenvalue weighted by atomic mass is 9.87. The molecule has 1 aliphatic carbocycles. The maximum atomic E-state index is 13.1. The number of benzene rings is 1. The zero-order chi connectivity index (χ0) is 21.7. The number of anilines is 1. The highest BCUT2D eigenvalue weighted by Gasteiger charge is 2.27. The van der Waals surface area contributed by atoms with E-state index in [1.165, 1.54) is 25.2 Å². The third-order valence-corrected chi connectivity index (χ3v) is 6.62. The Hall–Kier alpha value is -2.81. The second-order valence-electron chi connectivity index (χ2n) is 7.74. The number of hydrogen-bond donors (Lipinski definition) is 2. The Morgan fingerprint density at radius 3 is 2.40 bits per heavy atom. The van der Waals surface area contributed by atoms with Gasteiger partial charge in [-0.1, -0.05) is 43.0 Å². The van der Waals surface area contributed by atoms with E-state index in [1.807, 2.05) is 0 Å². The summed E-state index contributed by atoms with van der Waals surface area (Å²) in [6.45, 7) is 1.60. The van der Waals surface area contributed by atoms with Gasteiger partial charge in [-0.25, -0.2) is 18.4 Å². The van der Waals surface area contributed by atoms with Crippen molar-refractivity contribution in [1.29, 1.82) is 0 Å². The molecule has 0 aliphatic heterocycles. The summed E-state index contributed by atoms with van der Waals surface area (Å²) in [5.41, 5.74) is 1.51. The van der Waals surface area contributed by atoms with Crippen molar-refractivity contribution in [3.63, 3.8) is 0 Å². The molecule has 1 aliphatic rings. The maximum absolute atomic E-state index is 13.1. The number of carbonyl (C=O) groups excluding carboxylic acids is 1. The molecule has 30 heavy (non-hydrogen) atoms. The van der Waals surface area contributed by atoms with Gasteiger partial charge in [0.25, 0.3) is 0 Å². The number of carbonyl (C=O) groups is 1. The summed E-state index contributed by atoms with van der Waals surface area (Å²) in [6.07, 6.45) is 9.25. The standard InChI is InChI=1S/C21H26N4O4S/c1-14(25-27)19-12-23-20(13-22-19)24-21(26)18(11-15-5-3-4-6-15)16-7-9-17(10-8-16)30(2,28)29/h7-10,12-13,15,18,27H,3-6,11H2,1-2H3,(H,23,24,26)/b25-14-/t18-/m1/s1. The van der Waals surface area contributed by atoms with E-state index in [2.05, 4.69) is 20.4 Å². The first kappa shape index (κ1) is 21.9. The zero-order valence-corrected chi connectivity index (χ0v) is 17.9. The molecule has 1 saturated carbocycles. The number of rotatable bonds is 7. The minimum Gasteiger partial charge on any atom is -0.411 e. The summed E-state index contributed by atoms with van der Waals surface area (Å²) in [6, 6.07) is 6.52. The summed E-state index contributed by atoms with van der Waals surface area (Å²) in [5.74, 6) is 0.151. The van der Waals surface area contributed by atoms with E-state index in [1.54, 1.807) is 31.2 Å². The molecule has 0 bridgehead atoms. The van der Waals surface area contributed by atoms with Crippen LogP contribution < -0.4 is 5.32 Å².